The third kappa shape index (κ3) is 2.75. The zero-order valence-corrected chi connectivity index (χ0v) is 12.6. The van der Waals surface area contributed by atoms with Gasteiger partial charge in [-0.05, 0) is 18.4 Å². The van der Waals surface area contributed by atoms with Crippen LogP contribution >= 0.6 is 0 Å². The molecule has 0 spiro atoms. The van der Waals surface area contributed by atoms with Gasteiger partial charge in [0.25, 0.3) is 0 Å². The van der Waals surface area contributed by atoms with Crippen molar-refractivity contribution >= 4 is 12.0 Å². The highest BCUT2D eigenvalue weighted by Gasteiger charge is 2.53. The molecule has 20 heavy (non-hydrogen) atoms. The molecule has 2 fully saturated rings. The Hall–Kier alpha value is -1.30. The zero-order valence-electron chi connectivity index (χ0n) is 12.6. The number of rotatable bonds is 3. The number of amides is 2. The molecular weight excluding hydrogens is 258 g/mol. The Bertz CT molecular complexity index is 389. The van der Waals surface area contributed by atoms with E-state index in [0.29, 0.717) is 6.42 Å². The molecule has 114 valence electrons. The minimum atomic E-state index is -1.01. The number of carbonyl (C=O) groups excluding carboxylic acids is 1. The molecule has 0 unspecified atom stereocenters. The summed E-state index contributed by atoms with van der Waals surface area (Å²) in [6.07, 6.45) is -0.392. The minimum Gasteiger partial charge on any atom is -0.465 e. The van der Waals surface area contributed by atoms with Crippen molar-refractivity contribution < 1.29 is 14.7 Å². The molecule has 0 bridgehead atoms. The van der Waals surface area contributed by atoms with Gasteiger partial charge in [0.2, 0.25) is 5.91 Å². The maximum atomic E-state index is 12.6. The number of hydrogen-bond donors (Lipinski definition) is 2. The van der Waals surface area contributed by atoms with Gasteiger partial charge in [-0.15, -0.1) is 0 Å². The first-order valence-corrected chi connectivity index (χ1v) is 7.36. The van der Waals surface area contributed by atoms with Gasteiger partial charge >= 0.3 is 6.09 Å². The smallest absolute Gasteiger partial charge is 0.404 e. The van der Waals surface area contributed by atoms with Crippen LogP contribution in [0.15, 0.2) is 0 Å². The third-order valence-electron chi connectivity index (χ3n) is 4.99. The van der Waals surface area contributed by atoms with Crippen molar-refractivity contribution in [2.45, 2.75) is 33.2 Å². The predicted octanol–water partition coefficient (Wildman–Crippen LogP) is 0.833. The first-order valence-electron chi connectivity index (χ1n) is 7.36. The summed E-state index contributed by atoms with van der Waals surface area (Å²) in [6.45, 7) is 10.6. The lowest BCUT2D eigenvalue weighted by molar-refractivity contribution is -0.150. The van der Waals surface area contributed by atoms with E-state index in [1.165, 1.54) is 0 Å². The molecule has 0 aromatic heterocycles. The molecule has 2 rings (SSSR count). The molecule has 0 radical (unpaired) electrons. The fraction of sp³-hybridized carbons (Fsp3) is 0.857. The van der Waals surface area contributed by atoms with Gasteiger partial charge in [0.15, 0.2) is 0 Å². The monoisotopic (exact) mass is 283 g/mol. The topological polar surface area (TPSA) is 72.9 Å². The van der Waals surface area contributed by atoms with Gasteiger partial charge in [0.05, 0.1) is 0 Å². The second kappa shape index (κ2) is 5.60. The van der Waals surface area contributed by atoms with Crippen LogP contribution in [0.1, 0.15) is 27.2 Å². The summed E-state index contributed by atoms with van der Waals surface area (Å²) in [5.74, 6) is 0.127. The van der Waals surface area contributed by atoms with Crippen molar-refractivity contribution in [3.8, 4) is 0 Å². The zero-order chi connectivity index (χ0) is 14.9. The van der Waals surface area contributed by atoms with E-state index in [-0.39, 0.29) is 23.3 Å². The highest BCUT2D eigenvalue weighted by Crippen LogP contribution is 2.47. The second-order valence-corrected chi connectivity index (χ2v) is 6.37. The molecule has 0 aromatic rings. The lowest BCUT2D eigenvalue weighted by Gasteiger charge is -2.52. The number of nitrogens with zero attached hydrogens (tertiary/aromatic N) is 2. The van der Waals surface area contributed by atoms with Crippen LogP contribution in [0, 0.1) is 11.3 Å². The van der Waals surface area contributed by atoms with Gasteiger partial charge in [0, 0.05) is 38.1 Å². The average molecular weight is 283 g/mol. The number of carbonyl (C=O) groups is 2. The van der Waals surface area contributed by atoms with E-state index in [0.717, 1.165) is 32.7 Å². The third-order valence-corrected chi connectivity index (χ3v) is 4.99. The van der Waals surface area contributed by atoms with Crippen molar-refractivity contribution in [3.63, 3.8) is 0 Å². The summed E-state index contributed by atoms with van der Waals surface area (Å²) in [5, 5.41) is 11.3. The highest BCUT2D eigenvalue weighted by molar-refractivity contribution is 5.81. The van der Waals surface area contributed by atoms with Crippen molar-refractivity contribution in [2.24, 2.45) is 11.3 Å². The molecule has 1 heterocycles. The molecule has 2 atom stereocenters. The summed E-state index contributed by atoms with van der Waals surface area (Å²) in [7, 11) is 0. The van der Waals surface area contributed by atoms with Crippen LogP contribution in [0.2, 0.25) is 0 Å². The molecule has 1 aliphatic heterocycles. The first-order chi connectivity index (χ1) is 9.36. The molecule has 0 aromatic carbocycles. The fourth-order valence-corrected chi connectivity index (χ4v) is 3.24. The van der Waals surface area contributed by atoms with Gasteiger partial charge in [-0.3, -0.25) is 4.79 Å². The highest BCUT2D eigenvalue weighted by atomic mass is 16.4. The Morgan fingerprint density at radius 1 is 1.25 bits per heavy atom. The van der Waals surface area contributed by atoms with Crippen molar-refractivity contribution in [3.05, 3.63) is 0 Å². The van der Waals surface area contributed by atoms with E-state index in [1.54, 1.807) is 0 Å². The van der Waals surface area contributed by atoms with E-state index in [2.05, 4.69) is 17.1 Å². The average Bonchev–Trinajstić information content (AvgIpc) is 2.42. The van der Waals surface area contributed by atoms with Gasteiger partial charge < -0.3 is 20.2 Å². The molecule has 1 aliphatic carbocycles. The molecule has 1 saturated carbocycles. The standard InChI is InChI=1S/C14H25N3O3/c1-4-16-5-7-17(8-6-16)12(18)10-9-11(14(10,2)3)15-13(19)20/h10-11,15H,4-9H2,1-3H3,(H,19,20)/t10-,11-/m0/s1. The van der Waals surface area contributed by atoms with E-state index < -0.39 is 6.09 Å². The van der Waals surface area contributed by atoms with Crippen molar-refractivity contribution in [1.29, 1.82) is 0 Å². The maximum Gasteiger partial charge on any atom is 0.404 e. The van der Waals surface area contributed by atoms with Gasteiger partial charge in [-0.25, -0.2) is 4.79 Å². The first kappa shape index (κ1) is 15.1. The largest absolute Gasteiger partial charge is 0.465 e. The lowest BCUT2D eigenvalue weighted by atomic mass is 9.58. The molecule has 2 N–H and O–H groups in total. The number of likely N-dealkylation sites (N-methyl/N-ethyl adjacent to an activating group) is 1. The Morgan fingerprint density at radius 2 is 1.85 bits per heavy atom. The lowest BCUT2D eigenvalue weighted by Crippen LogP contribution is -2.63. The number of hydrogen-bond acceptors (Lipinski definition) is 3. The van der Waals surface area contributed by atoms with Crippen molar-refractivity contribution in [2.75, 3.05) is 32.7 Å². The van der Waals surface area contributed by atoms with Crippen LogP contribution in [0.25, 0.3) is 0 Å². The molecule has 2 aliphatic rings. The Labute approximate surface area is 120 Å². The number of nitrogens with one attached hydrogen (secondary N) is 1. The SMILES string of the molecule is CCN1CCN(C(=O)[C@@H]2C[C@H](NC(=O)O)C2(C)C)CC1. The maximum absolute atomic E-state index is 12.6. The second-order valence-electron chi connectivity index (χ2n) is 6.37. The molecule has 6 nitrogen and oxygen atoms in total. The fourth-order valence-electron chi connectivity index (χ4n) is 3.24. The van der Waals surface area contributed by atoms with E-state index in [4.69, 9.17) is 5.11 Å². The van der Waals surface area contributed by atoms with Crippen LogP contribution in [0.5, 0.6) is 0 Å². The van der Waals surface area contributed by atoms with E-state index in [9.17, 15) is 9.59 Å². The van der Waals surface area contributed by atoms with Gasteiger partial charge in [0.1, 0.15) is 0 Å². The van der Waals surface area contributed by atoms with Crippen LogP contribution in [0.4, 0.5) is 4.79 Å². The Balaban J connectivity index is 1.90. The van der Waals surface area contributed by atoms with Crippen molar-refractivity contribution in [1.82, 2.24) is 15.1 Å². The predicted molar refractivity (Wildman–Crippen MR) is 75.5 cm³/mol. The Morgan fingerprint density at radius 3 is 2.30 bits per heavy atom. The van der Waals surface area contributed by atoms with E-state index in [1.807, 2.05) is 18.7 Å². The van der Waals surface area contributed by atoms with Crippen LogP contribution in [-0.4, -0.2) is 65.7 Å². The Kier molecular flexibility index (Phi) is 4.22. The number of piperazine rings is 1. The van der Waals surface area contributed by atoms with Crippen LogP contribution in [-0.2, 0) is 4.79 Å². The van der Waals surface area contributed by atoms with E-state index >= 15 is 0 Å². The summed E-state index contributed by atoms with van der Waals surface area (Å²) >= 11 is 0. The summed E-state index contributed by atoms with van der Waals surface area (Å²) in [6, 6.07) is -0.120. The van der Waals surface area contributed by atoms with Gasteiger partial charge in [-0.1, -0.05) is 20.8 Å². The number of carboxylic acid groups (broad SMARTS) is 1. The molecule has 2 amide bonds. The normalized spacial score (nSPS) is 29.6. The molecular formula is C14H25N3O3. The summed E-state index contributed by atoms with van der Waals surface area (Å²) < 4.78 is 0. The molecule has 1 saturated heterocycles. The summed E-state index contributed by atoms with van der Waals surface area (Å²) in [5.41, 5.74) is -0.294. The molecule has 6 heteroatoms. The van der Waals surface area contributed by atoms with Crippen LogP contribution in [0.3, 0.4) is 0 Å². The summed E-state index contributed by atoms with van der Waals surface area (Å²) in [4.78, 5) is 27.6. The van der Waals surface area contributed by atoms with Gasteiger partial charge in [-0.2, -0.15) is 0 Å². The minimum absolute atomic E-state index is 0.0625. The van der Waals surface area contributed by atoms with Crippen LogP contribution < -0.4 is 5.32 Å². The quantitative estimate of drug-likeness (QED) is 0.805.